The number of hydrogen-bond acceptors (Lipinski definition) is 3. The van der Waals surface area contributed by atoms with Gasteiger partial charge in [-0.2, -0.15) is 11.8 Å². The van der Waals surface area contributed by atoms with Gasteiger partial charge >= 0.3 is 12.0 Å². The Hall–Kier alpha value is -0.910. The Kier molecular flexibility index (Phi) is 5.41. The third-order valence-corrected chi connectivity index (χ3v) is 6.08. The number of hydrogen-bond donors (Lipinski definition) is 2. The van der Waals surface area contributed by atoms with Gasteiger partial charge in [-0.15, -0.1) is 0 Å². The molecule has 0 bridgehead atoms. The molecule has 2 rings (SSSR count). The molecule has 6 heteroatoms. The van der Waals surface area contributed by atoms with Crippen LogP contribution in [0.1, 0.15) is 39.5 Å². The van der Waals surface area contributed by atoms with Crippen molar-refractivity contribution in [2.75, 3.05) is 24.6 Å². The Morgan fingerprint density at radius 2 is 2.00 bits per heavy atom. The normalized spacial score (nSPS) is 33.5. The van der Waals surface area contributed by atoms with E-state index in [0.717, 1.165) is 30.9 Å². The van der Waals surface area contributed by atoms with Crippen molar-refractivity contribution in [3.05, 3.63) is 0 Å². The van der Waals surface area contributed by atoms with E-state index in [-0.39, 0.29) is 18.6 Å². The van der Waals surface area contributed by atoms with Gasteiger partial charge in [0.1, 0.15) is 0 Å². The van der Waals surface area contributed by atoms with Crippen LogP contribution < -0.4 is 5.32 Å². The number of nitrogens with zero attached hydrogens (tertiary/aromatic N) is 1. The van der Waals surface area contributed by atoms with Crippen molar-refractivity contribution < 1.29 is 14.7 Å². The van der Waals surface area contributed by atoms with Crippen molar-refractivity contribution in [2.45, 2.75) is 45.6 Å². The zero-order valence-corrected chi connectivity index (χ0v) is 13.7. The highest BCUT2D eigenvalue weighted by molar-refractivity contribution is 7.99. The van der Waals surface area contributed by atoms with Gasteiger partial charge in [-0.25, -0.2) is 4.79 Å². The Labute approximate surface area is 130 Å². The molecule has 0 aromatic rings. The van der Waals surface area contributed by atoms with Crippen molar-refractivity contribution >= 4 is 23.8 Å². The number of carbonyl (C=O) groups excluding carboxylic acids is 1. The minimum absolute atomic E-state index is 0.109. The Balaban J connectivity index is 1.92. The molecule has 1 aliphatic carbocycles. The van der Waals surface area contributed by atoms with E-state index >= 15 is 0 Å². The fourth-order valence-electron chi connectivity index (χ4n) is 3.16. The molecule has 0 aromatic heterocycles. The number of carboxylic acid groups (broad SMARTS) is 1. The SMILES string of the molecule is CC1CCC(CNC(=O)N2CCSCC2C)(C(=O)O)CC1. The molecule has 5 nitrogen and oxygen atoms in total. The van der Waals surface area contributed by atoms with Crippen LogP contribution in [0.25, 0.3) is 0 Å². The van der Waals surface area contributed by atoms with Crippen LogP contribution in [0.15, 0.2) is 0 Å². The molecular weight excluding hydrogens is 288 g/mol. The summed E-state index contributed by atoms with van der Waals surface area (Å²) in [6, 6.07) is 0.109. The molecule has 0 radical (unpaired) electrons. The van der Waals surface area contributed by atoms with E-state index in [1.165, 1.54) is 0 Å². The summed E-state index contributed by atoms with van der Waals surface area (Å²) >= 11 is 1.86. The molecule has 21 heavy (non-hydrogen) atoms. The summed E-state index contributed by atoms with van der Waals surface area (Å²) in [6.07, 6.45) is 3.18. The summed E-state index contributed by atoms with van der Waals surface area (Å²) in [6.45, 7) is 5.21. The largest absolute Gasteiger partial charge is 0.481 e. The lowest BCUT2D eigenvalue weighted by Crippen LogP contribution is -2.53. The maximum absolute atomic E-state index is 12.3. The fourth-order valence-corrected chi connectivity index (χ4v) is 4.17. The van der Waals surface area contributed by atoms with E-state index < -0.39 is 11.4 Å². The summed E-state index contributed by atoms with van der Waals surface area (Å²) in [7, 11) is 0. The topological polar surface area (TPSA) is 69.6 Å². The first-order chi connectivity index (χ1) is 9.94. The van der Waals surface area contributed by atoms with Gasteiger partial charge in [0.15, 0.2) is 0 Å². The average Bonchev–Trinajstić information content (AvgIpc) is 2.47. The third kappa shape index (κ3) is 3.84. The van der Waals surface area contributed by atoms with Gasteiger partial charge < -0.3 is 15.3 Å². The quantitative estimate of drug-likeness (QED) is 0.839. The van der Waals surface area contributed by atoms with Crippen LogP contribution >= 0.6 is 11.8 Å². The highest BCUT2D eigenvalue weighted by Crippen LogP contribution is 2.38. The Morgan fingerprint density at radius 1 is 1.33 bits per heavy atom. The lowest BCUT2D eigenvalue weighted by Gasteiger charge is -2.38. The van der Waals surface area contributed by atoms with E-state index in [1.54, 1.807) is 0 Å². The summed E-state index contributed by atoms with van der Waals surface area (Å²) < 4.78 is 0. The standard InChI is InChI=1S/C15H26N2O3S/c1-11-3-5-15(6-4-11,13(18)19)10-16-14(20)17-7-8-21-9-12(17)2/h11-12H,3-10H2,1-2H3,(H,16,20)(H,18,19). The van der Waals surface area contributed by atoms with Gasteiger partial charge in [0.2, 0.25) is 0 Å². The molecule has 2 amide bonds. The number of nitrogens with one attached hydrogen (secondary N) is 1. The van der Waals surface area contributed by atoms with Crippen LogP contribution in [-0.2, 0) is 4.79 Å². The first-order valence-corrected chi connectivity index (χ1v) is 8.96. The zero-order chi connectivity index (χ0) is 15.5. The molecule has 1 saturated carbocycles. The van der Waals surface area contributed by atoms with E-state index in [0.29, 0.717) is 18.8 Å². The molecule has 1 heterocycles. The predicted octanol–water partition coefficient (Wildman–Crippen LogP) is 2.41. The number of carbonyl (C=O) groups is 2. The van der Waals surface area contributed by atoms with E-state index in [1.807, 2.05) is 23.6 Å². The average molecular weight is 314 g/mol. The van der Waals surface area contributed by atoms with Crippen LogP contribution in [0.4, 0.5) is 4.79 Å². The van der Waals surface area contributed by atoms with Crippen LogP contribution in [0.3, 0.4) is 0 Å². The smallest absolute Gasteiger partial charge is 0.317 e. The zero-order valence-electron chi connectivity index (χ0n) is 12.9. The lowest BCUT2D eigenvalue weighted by atomic mass is 9.71. The number of carboxylic acids is 1. The van der Waals surface area contributed by atoms with Crippen LogP contribution in [0.5, 0.6) is 0 Å². The van der Waals surface area contributed by atoms with Gasteiger partial charge in [0.25, 0.3) is 0 Å². The second-order valence-electron chi connectivity index (χ2n) is 6.54. The minimum atomic E-state index is -0.768. The van der Waals surface area contributed by atoms with E-state index in [2.05, 4.69) is 12.2 Å². The Morgan fingerprint density at radius 3 is 2.57 bits per heavy atom. The predicted molar refractivity (Wildman–Crippen MR) is 84.6 cm³/mol. The second-order valence-corrected chi connectivity index (χ2v) is 7.69. The maximum Gasteiger partial charge on any atom is 0.317 e. The van der Waals surface area contributed by atoms with Crippen molar-refractivity contribution in [1.29, 1.82) is 0 Å². The number of rotatable bonds is 3. The van der Waals surface area contributed by atoms with Gasteiger partial charge in [-0.1, -0.05) is 6.92 Å². The number of aliphatic carboxylic acids is 1. The third-order valence-electron chi connectivity index (χ3n) is 4.89. The number of urea groups is 1. The van der Waals surface area contributed by atoms with Crippen molar-refractivity contribution in [2.24, 2.45) is 11.3 Å². The molecule has 0 spiro atoms. The minimum Gasteiger partial charge on any atom is -0.481 e. The van der Waals surface area contributed by atoms with Crippen LogP contribution in [0, 0.1) is 11.3 Å². The first kappa shape index (κ1) is 16.5. The second kappa shape index (κ2) is 6.90. The first-order valence-electron chi connectivity index (χ1n) is 7.80. The van der Waals surface area contributed by atoms with Crippen molar-refractivity contribution in [3.8, 4) is 0 Å². The molecular formula is C15H26N2O3S. The number of amides is 2. The molecule has 1 aliphatic heterocycles. The monoisotopic (exact) mass is 314 g/mol. The van der Waals surface area contributed by atoms with E-state index in [9.17, 15) is 14.7 Å². The molecule has 2 aliphatic rings. The summed E-state index contributed by atoms with van der Waals surface area (Å²) in [5, 5.41) is 12.5. The Bertz CT molecular complexity index is 394. The summed E-state index contributed by atoms with van der Waals surface area (Å²) in [5.74, 6) is 1.73. The van der Waals surface area contributed by atoms with Crippen LogP contribution in [0.2, 0.25) is 0 Å². The molecule has 1 saturated heterocycles. The van der Waals surface area contributed by atoms with Gasteiger partial charge in [-0.05, 0) is 38.5 Å². The fraction of sp³-hybridized carbons (Fsp3) is 0.867. The maximum atomic E-state index is 12.3. The molecule has 2 fully saturated rings. The highest BCUT2D eigenvalue weighted by Gasteiger charge is 2.41. The molecule has 1 unspecified atom stereocenters. The molecule has 1 atom stereocenters. The van der Waals surface area contributed by atoms with Gasteiger partial charge in [0.05, 0.1) is 5.41 Å². The highest BCUT2D eigenvalue weighted by atomic mass is 32.2. The van der Waals surface area contributed by atoms with E-state index in [4.69, 9.17) is 0 Å². The lowest BCUT2D eigenvalue weighted by molar-refractivity contribution is -0.151. The molecule has 0 aromatic carbocycles. The van der Waals surface area contributed by atoms with Crippen molar-refractivity contribution in [1.82, 2.24) is 10.2 Å². The summed E-state index contributed by atoms with van der Waals surface area (Å²) in [4.78, 5) is 25.8. The van der Waals surface area contributed by atoms with Crippen molar-refractivity contribution in [3.63, 3.8) is 0 Å². The number of thioether (sulfide) groups is 1. The van der Waals surface area contributed by atoms with Gasteiger partial charge in [0, 0.05) is 30.6 Å². The summed E-state index contributed by atoms with van der Waals surface area (Å²) in [5.41, 5.74) is -0.768. The van der Waals surface area contributed by atoms with Crippen LogP contribution in [-0.4, -0.2) is 52.6 Å². The van der Waals surface area contributed by atoms with Gasteiger partial charge in [-0.3, -0.25) is 4.79 Å². The molecule has 120 valence electrons. The molecule has 2 N–H and O–H groups in total.